The first-order valence-electron chi connectivity index (χ1n) is 6.86. The van der Waals surface area contributed by atoms with Crippen LogP contribution in [0.5, 0.6) is 5.75 Å². The molecule has 116 valence electrons. The second kappa shape index (κ2) is 6.03. The van der Waals surface area contributed by atoms with Crippen molar-refractivity contribution in [3.8, 4) is 5.75 Å². The van der Waals surface area contributed by atoms with E-state index in [1.54, 1.807) is 13.0 Å². The molecule has 0 radical (unpaired) electrons. The number of carbonyl (C=O) groups excluding carboxylic acids is 1. The summed E-state index contributed by atoms with van der Waals surface area (Å²) in [6, 6.07) is 3.07. The van der Waals surface area contributed by atoms with E-state index < -0.39 is 10.0 Å². The van der Waals surface area contributed by atoms with Gasteiger partial charge in [-0.2, -0.15) is 0 Å². The lowest BCUT2D eigenvalue weighted by molar-refractivity contribution is -0.118. The van der Waals surface area contributed by atoms with Crippen LogP contribution < -0.4 is 14.8 Å². The normalized spacial score (nSPS) is 14.6. The molecule has 2 N–H and O–H groups in total. The van der Waals surface area contributed by atoms with Crippen LogP contribution in [0.15, 0.2) is 17.0 Å². The summed E-state index contributed by atoms with van der Waals surface area (Å²) in [5.74, 6) is 0.563. The van der Waals surface area contributed by atoms with Crippen molar-refractivity contribution in [3.05, 3.63) is 17.7 Å². The predicted octanol–water partition coefficient (Wildman–Crippen LogP) is 1.65. The Morgan fingerprint density at radius 2 is 2.10 bits per heavy atom. The number of sulfonamides is 1. The molecule has 1 aliphatic rings. The second-order valence-corrected chi connectivity index (χ2v) is 7.27. The number of aryl methyl sites for hydroxylation is 1. The van der Waals surface area contributed by atoms with Gasteiger partial charge >= 0.3 is 0 Å². The van der Waals surface area contributed by atoms with Crippen LogP contribution in [0, 0.1) is 12.8 Å². The summed E-state index contributed by atoms with van der Waals surface area (Å²) < 4.78 is 32.5. The lowest BCUT2D eigenvalue weighted by atomic mass is 10.1. The summed E-state index contributed by atoms with van der Waals surface area (Å²) in [4.78, 5) is 11.4. The zero-order valence-electron chi connectivity index (χ0n) is 12.4. The Kier molecular flexibility index (Phi) is 4.53. The van der Waals surface area contributed by atoms with Gasteiger partial charge in [-0.1, -0.05) is 13.8 Å². The van der Waals surface area contributed by atoms with E-state index in [1.165, 1.54) is 6.07 Å². The van der Waals surface area contributed by atoms with Crippen LogP contribution in [0.3, 0.4) is 0 Å². The molecule has 21 heavy (non-hydrogen) atoms. The van der Waals surface area contributed by atoms with Gasteiger partial charge in [0.1, 0.15) is 5.75 Å². The predicted molar refractivity (Wildman–Crippen MR) is 79.9 cm³/mol. The number of hydrogen-bond acceptors (Lipinski definition) is 4. The number of hydrogen-bond donors (Lipinski definition) is 2. The van der Waals surface area contributed by atoms with E-state index in [4.69, 9.17) is 4.74 Å². The number of carbonyl (C=O) groups is 1. The number of rotatable bonds is 5. The summed E-state index contributed by atoms with van der Waals surface area (Å²) in [5, 5.41) is 2.66. The van der Waals surface area contributed by atoms with E-state index >= 15 is 0 Å². The molecule has 1 aromatic rings. The van der Waals surface area contributed by atoms with Crippen LogP contribution in [0.2, 0.25) is 0 Å². The van der Waals surface area contributed by atoms with Crippen LogP contribution in [0.4, 0.5) is 5.69 Å². The standard InChI is InChI=1S/C14H20N2O4S/c1-9(2)4-5-15-21(18,19)13-7-12-11(6-10(13)3)16-14(17)8-20-12/h6-7,9,15H,4-5,8H2,1-3H3,(H,16,17). The minimum absolute atomic E-state index is 0.101. The van der Waals surface area contributed by atoms with E-state index in [0.29, 0.717) is 29.5 Å². The van der Waals surface area contributed by atoms with Gasteiger partial charge in [0.15, 0.2) is 6.61 Å². The Labute approximate surface area is 124 Å². The highest BCUT2D eigenvalue weighted by molar-refractivity contribution is 7.89. The maximum Gasteiger partial charge on any atom is 0.262 e. The average molecular weight is 312 g/mol. The molecule has 0 unspecified atom stereocenters. The summed E-state index contributed by atoms with van der Waals surface area (Å²) >= 11 is 0. The molecule has 0 aromatic heterocycles. The third kappa shape index (κ3) is 3.74. The van der Waals surface area contributed by atoms with Gasteiger partial charge in [-0.25, -0.2) is 13.1 Å². The minimum Gasteiger partial charge on any atom is -0.482 e. The van der Waals surface area contributed by atoms with Crippen molar-refractivity contribution in [1.29, 1.82) is 0 Å². The molecule has 6 nitrogen and oxygen atoms in total. The SMILES string of the molecule is Cc1cc2c(cc1S(=O)(=O)NCCC(C)C)OCC(=O)N2. The van der Waals surface area contributed by atoms with Crippen molar-refractivity contribution in [2.45, 2.75) is 32.1 Å². The van der Waals surface area contributed by atoms with Crippen molar-refractivity contribution < 1.29 is 17.9 Å². The van der Waals surface area contributed by atoms with Gasteiger partial charge in [0, 0.05) is 12.6 Å². The quantitative estimate of drug-likeness (QED) is 0.866. The molecule has 2 rings (SSSR count). The van der Waals surface area contributed by atoms with Crippen LogP contribution in [0.1, 0.15) is 25.8 Å². The fourth-order valence-electron chi connectivity index (χ4n) is 2.07. The Morgan fingerprint density at radius 3 is 2.76 bits per heavy atom. The number of anilines is 1. The average Bonchev–Trinajstić information content (AvgIpc) is 2.36. The van der Waals surface area contributed by atoms with E-state index in [9.17, 15) is 13.2 Å². The maximum atomic E-state index is 12.3. The van der Waals surface area contributed by atoms with Crippen molar-refractivity contribution in [2.24, 2.45) is 5.92 Å². The van der Waals surface area contributed by atoms with E-state index in [1.807, 2.05) is 13.8 Å². The lowest BCUT2D eigenvalue weighted by Crippen LogP contribution is -2.28. The molecule has 7 heteroatoms. The van der Waals surface area contributed by atoms with Crippen LogP contribution >= 0.6 is 0 Å². The third-order valence-corrected chi connectivity index (χ3v) is 4.82. The fraction of sp³-hybridized carbons (Fsp3) is 0.500. The Bertz CT molecular complexity index is 653. The topological polar surface area (TPSA) is 84.5 Å². The van der Waals surface area contributed by atoms with Gasteiger partial charge in [-0.05, 0) is 30.9 Å². The highest BCUT2D eigenvalue weighted by Crippen LogP contribution is 2.32. The minimum atomic E-state index is -3.58. The van der Waals surface area contributed by atoms with Crippen molar-refractivity contribution in [3.63, 3.8) is 0 Å². The van der Waals surface area contributed by atoms with Crippen LogP contribution in [-0.4, -0.2) is 27.5 Å². The Balaban J connectivity index is 2.25. The summed E-state index contributed by atoms with van der Waals surface area (Å²) in [5.41, 5.74) is 1.07. The molecule has 1 aliphatic heterocycles. The van der Waals surface area contributed by atoms with Crippen LogP contribution in [0.25, 0.3) is 0 Å². The second-order valence-electron chi connectivity index (χ2n) is 5.53. The molecule has 0 aliphatic carbocycles. The zero-order chi connectivity index (χ0) is 15.6. The highest BCUT2D eigenvalue weighted by atomic mass is 32.2. The Hall–Kier alpha value is -1.60. The molecule has 0 spiro atoms. The van der Waals surface area contributed by atoms with Gasteiger partial charge in [0.25, 0.3) is 5.91 Å². The van der Waals surface area contributed by atoms with Crippen molar-refractivity contribution >= 4 is 21.6 Å². The summed E-state index contributed by atoms with van der Waals surface area (Å²) in [6.07, 6.45) is 0.774. The first kappa shape index (κ1) is 15.8. The largest absolute Gasteiger partial charge is 0.482 e. The van der Waals surface area contributed by atoms with Gasteiger partial charge in [-0.15, -0.1) is 0 Å². The van der Waals surface area contributed by atoms with Gasteiger partial charge < -0.3 is 10.1 Å². The summed E-state index contributed by atoms with van der Waals surface area (Å²) in [6.45, 7) is 6.06. The molecule has 0 saturated carbocycles. The van der Waals surface area contributed by atoms with E-state index in [2.05, 4.69) is 10.0 Å². The maximum absolute atomic E-state index is 12.3. The van der Waals surface area contributed by atoms with Gasteiger partial charge in [0.05, 0.1) is 10.6 Å². The molecular formula is C14H20N2O4S. The molecule has 0 saturated heterocycles. The fourth-order valence-corrected chi connectivity index (χ4v) is 3.35. The first-order valence-corrected chi connectivity index (χ1v) is 8.35. The molecule has 0 fully saturated rings. The molecule has 0 bridgehead atoms. The van der Waals surface area contributed by atoms with Crippen LogP contribution in [-0.2, 0) is 14.8 Å². The first-order chi connectivity index (χ1) is 9.79. The van der Waals surface area contributed by atoms with E-state index in [0.717, 1.165) is 6.42 Å². The van der Waals surface area contributed by atoms with Gasteiger partial charge in [-0.3, -0.25) is 4.79 Å². The smallest absolute Gasteiger partial charge is 0.262 e. The molecular weight excluding hydrogens is 292 g/mol. The number of fused-ring (bicyclic) bond motifs is 1. The number of benzene rings is 1. The number of ether oxygens (including phenoxy) is 1. The third-order valence-electron chi connectivity index (χ3n) is 3.21. The number of amides is 1. The molecule has 1 aromatic carbocycles. The molecule has 1 amide bonds. The number of nitrogens with one attached hydrogen (secondary N) is 2. The Morgan fingerprint density at radius 1 is 1.38 bits per heavy atom. The molecule has 0 atom stereocenters. The highest BCUT2D eigenvalue weighted by Gasteiger charge is 2.23. The van der Waals surface area contributed by atoms with Gasteiger partial charge in [0.2, 0.25) is 10.0 Å². The molecule has 1 heterocycles. The van der Waals surface area contributed by atoms with E-state index in [-0.39, 0.29) is 17.4 Å². The zero-order valence-corrected chi connectivity index (χ0v) is 13.2. The summed E-state index contributed by atoms with van der Waals surface area (Å²) in [7, 11) is -3.58. The van der Waals surface area contributed by atoms with Crippen molar-refractivity contribution in [1.82, 2.24) is 4.72 Å². The van der Waals surface area contributed by atoms with Crippen molar-refractivity contribution in [2.75, 3.05) is 18.5 Å². The lowest BCUT2D eigenvalue weighted by Gasteiger charge is -2.20. The monoisotopic (exact) mass is 312 g/mol.